The molecule has 0 saturated carbocycles. The van der Waals surface area contributed by atoms with Crippen molar-refractivity contribution in [2.75, 3.05) is 10.6 Å². The molecule has 1 aromatic carbocycles. The minimum atomic E-state index is -0.361. The first-order chi connectivity index (χ1) is 9.06. The highest BCUT2D eigenvalue weighted by atomic mass is 79.9. The summed E-state index contributed by atoms with van der Waals surface area (Å²) in [4.78, 5) is 16.1. The van der Waals surface area contributed by atoms with E-state index < -0.39 is 0 Å². The van der Waals surface area contributed by atoms with Crippen molar-refractivity contribution in [3.8, 4) is 0 Å². The summed E-state index contributed by atoms with van der Waals surface area (Å²) in [6.07, 6.45) is 0. The molecule has 0 aliphatic carbocycles. The van der Waals surface area contributed by atoms with Gasteiger partial charge in [-0.05, 0) is 47.1 Å². The lowest BCUT2D eigenvalue weighted by Crippen LogP contribution is -2.20. The monoisotopic (exact) mass is 339 g/mol. The van der Waals surface area contributed by atoms with Crippen LogP contribution in [-0.4, -0.2) is 11.0 Å². The van der Waals surface area contributed by atoms with Crippen molar-refractivity contribution in [3.05, 3.63) is 51.7 Å². The van der Waals surface area contributed by atoms with Crippen LogP contribution in [0.4, 0.5) is 16.2 Å². The normalized spacial score (nSPS) is 10.1. The molecule has 2 aromatic rings. The number of rotatable bonds is 2. The van der Waals surface area contributed by atoms with E-state index in [1.54, 1.807) is 36.4 Å². The predicted molar refractivity (Wildman–Crippen MR) is 80.8 cm³/mol. The second-order valence-corrected chi connectivity index (χ2v) is 5.05. The second-order valence-electron chi connectivity index (χ2n) is 3.83. The van der Waals surface area contributed by atoms with Gasteiger partial charge in [-0.1, -0.05) is 23.7 Å². The highest BCUT2D eigenvalue weighted by molar-refractivity contribution is 9.10. The van der Waals surface area contributed by atoms with Crippen molar-refractivity contribution in [2.24, 2.45) is 0 Å². The van der Waals surface area contributed by atoms with Gasteiger partial charge >= 0.3 is 6.03 Å². The molecule has 0 spiro atoms. The van der Waals surface area contributed by atoms with Crippen LogP contribution >= 0.6 is 27.5 Å². The molecule has 1 heterocycles. The zero-order valence-corrected chi connectivity index (χ0v) is 12.4. The molecule has 19 heavy (non-hydrogen) atoms. The first-order valence-electron chi connectivity index (χ1n) is 5.52. The number of pyridine rings is 1. The van der Waals surface area contributed by atoms with Crippen molar-refractivity contribution in [1.82, 2.24) is 4.98 Å². The Balaban J connectivity index is 2.08. The molecule has 2 N–H and O–H groups in total. The maximum Gasteiger partial charge on any atom is 0.323 e. The first kappa shape index (κ1) is 13.8. The number of nitrogens with zero attached hydrogens (tertiary/aromatic N) is 1. The molecule has 6 heteroatoms. The summed E-state index contributed by atoms with van der Waals surface area (Å²) in [5.74, 6) is 0. The van der Waals surface area contributed by atoms with Crippen molar-refractivity contribution in [2.45, 2.75) is 6.92 Å². The van der Waals surface area contributed by atoms with Crippen molar-refractivity contribution < 1.29 is 4.79 Å². The Hall–Kier alpha value is -1.59. The number of para-hydroxylation sites is 1. The number of aryl methyl sites for hydroxylation is 1. The third-order valence-electron chi connectivity index (χ3n) is 2.42. The maximum absolute atomic E-state index is 11.9. The van der Waals surface area contributed by atoms with E-state index >= 15 is 0 Å². The molecular formula is C13H11BrClN3O. The molecule has 0 saturated heterocycles. The number of carbonyl (C=O) groups is 1. The third kappa shape index (κ3) is 3.68. The number of anilines is 2. The summed E-state index contributed by atoms with van der Waals surface area (Å²) in [6, 6.07) is 10.2. The van der Waals surface area contributed by atoms with Crippen molar-refractivity contribution in [1.29, 1.82) is 0 Å². The van der Waals surface area contributed by atoms with Crippen LogP contribution in [0.3, 0.4) is 0 Å². The highest BCUT2D eigenvalue weighted by Crippen LogP contribution is 2.21. The van der Waals surface area contributed by atoms with Gasteiger partial charge in [0.05, 0.1) is 22.1 Å². The molecule has 0 radical (unpaired) electrons. The van der Waals surface area contributed by atoms with Crippen LogP contribution in [0, 0.1) is 6.92 Å². The standard InChI is InChI=1S/C13H11BrClN3O/c1-8-10(6-7-12(14)16-8)17-13(19)18-11-5-3-2-4-9(11)15/h2-7H,1H3,(H2,17,18,19). The lowest BCUT2D eigenvalue weighted by Gasteiger charge is -2.10. The predicted octanol–water partition coefficient (Wildman–Crippen LogP) is 4.45. The van der Waals surface area contributed by atoms with Crippen LogP contribution in [0.5, 0.6) is 0 Å². The number of benzene rings is 1. The summed E-state index contributed by atoms with van der Waals surface area (Å²) in [7, 11) is 0. The topological polar surface area (TPSA) is 54.0 Å². The Morgan fingerprint density at radius 2 is 1.84 bits per heavy atom. The summed E-state index contributed by atoms with van der Waals surface area (Å²) >= 11 is 9.23. The van der Waals surface area contributed by atoms with Gasteiger partial charge in [-0.2, -0.15) is 0 Å². The fourth-order valence-electron chi connectivity index (χ4n) is 1.50. The van der Waals surface area contributed by atoms with Gasteiger partial charge in [-0.15, -0.1) is 0 Å². The Morgan fingerprint density at radius 3 is 2.53 bits per heavy atom. The Kier molecular flexibility index (Phi) is 4.39. The Morgan fingerprint density at radius 1 is 1.16 bits per heavy atom. The number of amides is 2. The molecule has 0 bridgehead atoms. The third-order valence-corrected chi connectivity index (χ3v) is 3.19. The van der Waals surface area contributed by atoms with Crippen LogP contribution in [-0.2, 0) is 0 Å². The second kappa shape index (κ2) is 6.04. The average molecular weight is 341 g/mol. The molecule has 2 rings (SSSR count). The molecule has 1 aromatic heterocycles. The largest absolute Gasteiger partial charge is 0.323 e. The fraction of sp³-hybridized carbons (Fsp3) is 0.0769. The number of hydrogen-bond acceptors (Lipinski definition) is 2. The summed E-state index contributed by atoms with van der Waals surface area (Å²) in [6.45, 7) is 1.82. The van der Waals surface area contributed by atoms with Gasteiger partial charge in [0.25, 0.3) is 0 Å². The SMILES string of the molecule is Cc1nc(Br)ccc1NC(=O)Nc1ccccc1Cl. The van der Waals surface area contributed by atoms with E-state index in [0.29, 0.717) is 16.4 Å². The summed E-state index contributed by atoms with van der Waals surface area (Å²) in [5.41, 5.74) is 1.93. The maximum atomic E-state index is 11.9. The van der Waals surface area contributed by atoms with Crippen LogP contribution < -0.4 is 10.6 Å². The molecule has 2 amide bonds. The molecule has 4 nitrogen and oxygen atoms in total. The van der Waals surface area contributed by atoms with Crippen molar-refractivity contribution >= 4 is 44.9 Å². The summed E-state index contributed by atoms with van der Waals surface area (Å²) in [5, 5.41) is 5.89. The number of nitrogens with one attached hydrogen (secondary N) is 2. The molecule has 98 valence electrons. The molecular weight excluding hydrogens is 330 g/mol. The fourth-order valence-corrected chi connectivity index (χ4v) is 2.08. The molecule has 0 atom stereocenters. The molecule has 0 fully saturated rings. The number of carbonyl (C=O) groups excluding carboxylic acids is 1. The van der Waals surface area contributed by atoms with Gasteiger partial charge in [0.15, 0.2) is 0 Å². The van der Waals surface area contributed by atoms with Crippen LogP contribution in [0.2, 0.25) is 5.02 Å². The van der Waals surface area contributed by atoms with E-state index in [2.05, 4.69) is 31.5 Å². The lowest BCUT2D eigenvalue weighted by atomic mass is 10.3. The van der Waals surface area contributed by atoms with Gasteiger partial charge in [0, 0.05) is 0 Å². The van der Waals surface area contributed by atoms with E-state index in [-0.39, 0.29) is 6.03 Å². The van der Waals surface area contributed by atoms with E-state index in [1.165, 1.54) is 0 Å². The number of aromatic nitrogens is 1. The van der Waals surface area contributed by atoms with E-state index in [0.717, 1.165) is 10.3 Å². The van der Waals surface area contributed by atoms with Gasteiger partial charge < -0.3 is 10.6 Å². The number of halogens is 2. The molecule has 0 aliphatic heterocycles. The Bertz CT molecular complexity index is 619. The molecule has 0 unspecified atom stereocenters. The zero-order valence-electron chi connectivity index (χ0n) is 10.1. The van der Waals surface area contributed by atoms with Crippen LogP contribution in [0.15, 0.2) is 41.0 Å². The van der Waals surface area contributed by atoms with Gasteiger partial charge in [-0.3, -0.25) is 0 Å². The smallest absolute Gasteiger partial charge is 0.306 e. The summed E-state index contributed by atoms with van der Waals surface area (Å²) < 4.78 is 0.724. The van der Waals surface area contributed by atoms with E-state index in [9.17, 15) is 4.79 Å². The van der Waals surface area contributed by atoms with Gasteiger partial charge in [0.1, 0.15) is 4.60 Å². The number of urea groups is 1. The quantitative estimate of drug-likeness (QED) is 0.794. The van der Waals surface area contributed by atoms with E-state index in [4.69, 9.17) is 11.6 Å². The first-order valence-corrected chi connectivity index (χ1v) is 6.69. The number of hydrogen-bond donors (Lipinski definition) is 2. The van der Waals surface area contributed by atoms with Crippen LogP contribution in [0.1, 0.15) is 5.69 Å². The lowest BCUT2D eigenvalue weighted by molar-refractivity contribution is 0.262. The Labute approximate surface area is 124 Å². The minimum Gasteiger partial charge on any atom is -0.306 e. The molecule has 0 aliphatic rings. The van der Waals surface area contributed by atoms with Gasteiger partial charge in [0.2, 0.25) is 0 Å². The zero-order chi connectivity index (χ0) is 13.8. The highest BCUT2D eigenvalue weighted by Gasteiger charge is 2.07. The van der Waals surface area contributed by atoms with Crippen LogP contribution in [0.25, 0.3) is 0 Å². The van der Waals surface area contributed by atoms with Crippen molar-refractivity contribution in [3.63, 3.8) is 0 Å². The average Bonchev–Trinajstić information content (AvgIpc) is 2.36. The van der Waals surface area contributed by atoms with Gasteiger partial charge in [-0.25, -0.2) is 9.78 Å². The van der Waals surface area contributed by atoms with E-state index in [1.807, 2.05) is 6.92 Å². The minimum absolute atomic E-state index is 0.361.